The summed E-state index contributed by atoms with van der Waals surface area (Å²) in [4.78, 5) is 0. The van der Waals surface area contributed by atoms with Crippen molar-refractivity contribution in [3.8, 4) is 11.5 Å². The van der Waals surface area contributed by atoms with Crippen molar-refractivity contribution < 1.29 is 27.1 Å². The zero-order valence-electron chi connectivity index (χ0n) is 14.3. The van der Waals surface area contributed by atoms with Crippen molar-refractivity contribution in [3.63, 3.8) is 0 Å². The number of fused-ring (bicyclic) bond motifs is 1. The molecule has 2 aromatic carbocycles. The number of nitrogens with zero attached hydrogens (tertiary/aromatic N) is 2. The van der Waals surface area contributed by atoms with Gasteiger partial charge in [-0.2, -0.15) is 18.3 Å². The third-order valence-electron chi connectivity index (χ3n) is 4.38. The van der Waals surface area contributed by atoms with Gasteiger partial charge in [0.05, 0.1) is 12.1 Å². The van der Waals surface area contributed by atoms with E-state index in [0.717, 1.165) is 6.07 Å². The van der Waals surface area contributed by atoms with E-state index in [4.69, 9.17) is 4.42 Å². The minimum absolute atomic E-state index is 0.0850. The second-order valence-corrected chi connectivity index (χ2v) is 6.26. The number of aliphatic hydroxyl groups is 1. The molecule has 0 fully saturated rings. The second kappa shape index (κ2) is 6.79. The Hall–Kier alpha value is -3.13. The number of alkyl halides is 3. The number of hydrogen-bond acceptors (Lipinski definition) is 3. The van der Waals surface area contributed by atoms with Gasteiger partial charge in [0.2, 0.25) is 6.10 Å². The Balaban J connectivity index is 1.77. The minimum atomic E-state index is -4.83. The van der Waals surface area contributed by atoms with Gasteiger partial charge in [0, 0.05) is 10.9 Å². The Morgan fingerprint density at radius 2 is 1.71 bits per heavy atom. The number of benzene rings is 2. The first-order chi connectivity index (χ1) is 13.3. The third-order valence-corrected chi connectivity index (χ3v) is 4.38. The van der Waals surface area contributed by atoms with Crippen LogP contribution in [0.5, 0.6) is 0 Å². The molecule has 4 nitrogen and oxygen atoms in total. The molecule has 0 amide bonds. The fourth-order valence-electron chi connectivity index (χ4n) is 3.01. The van der Waals surface area contributed by atoms with E-state index in [-0.39, 0.29) is 18.1 Å². The van der Waals surface area contributed by atoms with E-state index in [0.29, 0.717) is 22.2 Å². The van der Waals surface area contributed by atoms with Crippen LogP contribution in [0.3, 0.4) is 0 Å². The smallest absolute Gasteiger partial charge is 0.421 e. The van der Waals surface area contributed by atoms with Crippen LogP contribution in [-0.4, -0.2) is 21.1 Å². The molecule has 1 unspecified atom stereocenters. The van der Waals surface area contributed by atoms with Crippen LogP contribution >= 0.6 is 0 Å². The van der Waals surface area contributed by atoms with Crippen LogP contribution in [0, 0.1) is 5.82 Å². The van der Waals surface area contributed by atoms with Gasteiger partial charge in [-0.3, -0.25) is 4.68 Å². The molecule has 0 spiro atoms. The van der Waals surface area contributed by atoms with Gasteiger partial charge in [0.1, 0.15) is 17.3 Å². The lowest BCUT2D eigenvalue weighted by Gasteiger charge is -2.11. The second-order valence-electron chi connectivity index (χ2n) is 6.26. The van der Waals surface area contributed by atoms with Crippen LogP contribution in [0.1, 0.15) is 17.4 Å². The minimum Gasteiger partial charge on any atom is -0.456 e. The summed E-state index contributed by atoms with van der Waals surface area (Å²) in [5.74, 6) is -0.908. The number of para-hydroxylation sites is 1. The van der Waals surface area contributed by atoms with Gasteiger partial charge < -0.3 is 9.52 Å². The first-order valence-electron chi connectivity index (χ1n) is 8.38. The van der Waals surface area contributed by atoms with Crippen molar-refractivity contribution in [1.82, 2.24) is 9.78 Å². The van der Waals surface area contributed by atoms with Gasteiger partial charge in [0.25, 0.3) is 0 Å². The van der Waals surface area contributed by atoms with Gasteiger partial charge in [-0.05, 0) is 24.3 Å². The van der Waals surface area contributed by atoms with E-state index < -0.39 is 18.0 Å². The van der Waals surface area contributed by atoms with Gasteiger partial charge in [-0.25, -0.2) is 4.39 Å². The number of hydrogen-bond donors (Lipinski definition) is 1. The van der Waals surface area contributed by atoms with Crippen molar-refractivity contribution in [3.05, 3.63) is 77.8 Å². The number of furan rings is 1. The molecule has 1 atom stereocenters. The van der Waals surface area contributed by atoms with Gasteiger partial charge >= 0.3 is 6.18 Å². The van der Waals surface area contributed by atoms with Crippen molar-refractivity contribution in [2.24, 2.45) is 0 Å². The monoisotopic (exact) mass is 390 g/mol. The predicted octanol–water partition coefficient (Wildman–Crippen LogP) is 5.08. The van der Waals surface area contributed by atoms with E-state index in [1.807, 2.05) is 0 Å². The molecule has 2 aromatic heterocycles. The first kappa shape index (κ1) is 18.2. The molecule has 0 bridgehead atoms. The molecule has 4 rings (SSSR count). The lowest BCUT2D eigenvalue weighted by Crippen LogP contribution is -2.19. The topological polar surface area (TPSA) is 51.2 Å². The van der Waals surface area contributed by atoms with Gasteiger partial charge in [0.15, 0.2) is 5.76 Å². The summed E-state index contributed by atoms with van der Waals surface area (Å²) in [7, 11) is 0. The average molecular weight is 390 g/mol. The van der Waals surface area contributed by atoms with E-state index in [1.165, 1.54) is 12.1 Å². The van der Waals surface area contributed by atoms with Crippen molar-refractivity contribution in [1.29, 1.82) is 0 Å². The van der Waals surface area contributed by atoms with E-state index in [9.17, 15) is 22.7 Å². The highest BCUT2D eigenvalue weighted by molar-refractivity contribution is 5.92. The van der Waals surface area contributed by atoms with E-state index >= 15 is 0 Å². The normalized spacial score (nSPS) is 13.2. The molecular formula is C20H14F4N2O2. The quantitative estimate of drug-likeness (QED) is 0.495. The molecule has 0 saturated heterocycles. The summed E-state index contributed by atoms with van der Waals surface area (Å²) in [6.45, 7) is 0.145. The van der Waals surface area contributed by atoms with Gasteiger partial charge in [-0.15, -0.1) is 0 Å². The lowest BCUT2D eigenvalue weighted by atomic mass is 10.1. The maximum atomic E-state index is 14.0. The molecule has 1 N–H and O–H groups in total. The molecular weight excluding hydrogens is 376 g/mol. The van der Waals surface area contributed by atoms with Crippen molar-refractivity contribution >= 4 is 10.9 Å². The standard InChI is InChI=1S/C20H14F4N2O2/c21-14-7-3-1-5-12(14)11-26-15-8-4-2-6-13(15)18(25-26)16-9-10-17(28-16)19(27)20(22,23)24/h1-10,19,27H,11H2. The van der Waals surface area contributed by atoms with Crippen molar-refractivity contribution in [2.45, 2.75) is 18.8 Å². The molecule has 0 saturated carbocycles. The number of halogens is 4. The predicted molar refractivity (Wildman–Crippen MR) is 94.0 cm³/mol. The first-order valence-corrected chi connectivity index (χ1v) is 8.38. The highest BCUT2D eigenvalue weighted by Crippen LogP contribution is 2.36. The highest BCUT2D eigenvalue weighted by Gasteiger charge is 2.41. The van der Waals surface area contributed by atoms with Crippen LogP contribution in [0.4, 0.5) is 17.6 Å². The Labute approximate surface area is 156 Å². The van der Waals surface area contributed by atoms with Crippen LogP contribution in [0.2, 0.25) is 0 Å². The molecule has 8 heteroatoms. The summed E-state index contributed by atoms with van der Waals surface area (Å²) in [5, 5.41) is 14.4. The maximum absolute atomic E-state index is 14.0. The summed E-state index contributed by atoms with van der Waals surface area (Å²) in [6, 6.07) is 15.7. The number of rotatable bonds is 4. The lowest BCUT2D eigenvalue weighted by molar-refractivity contribution is -0.211. The van der Waals surface area contributed by atoms with E-state index in [2.05, 4.69) is 5.10 Å². The third kappa shape index (κ3) is 3.27. The molecule has 4 aromatic rings. The Morgan fingerprint density at radius 3 is 2.46 bits per heavy atom. The zero-order valence-corrected chi connectivity index (χ0v) is 14.3. The highest BCUT2D eigenvalue weighted by atomic mass is 19.4. The summed E-state index contributed by atoms with van der Waals surface area (Å²) in [6.07, 6.45) is -7.55. The molecule has 0 aliphatic heterocycles. The SMILES string of the molecule is OC(c1ccc(-c2nn(Cc3ccccc3F)c3ccccc23)o1)C(F)(F)F. The van der Waals surface area contributed by atoms with Crippen LogP contribution in [0.15, 0.2) is 65.1 Å². The Bertz CT molecular complexity index is 1130. The molecule has 144 valence electrons. The van der Waals surface area contributed by atoms with Crippen LogP contribution in [-0.2, 0) is 6.54 Å². The maximum Gasteiger partial charge on any atom is 0.421 e. The molecule has 28 heavy (non-hydrogen) atoms. The molecule has 0 aliphatic rings. The van der Waals surface area contributed by atoms with Gasteiger partial charge in [-0.1, -0.05) is 36.4 Å². The summed E-state index contributed by atoms with van der Waals surface area (Å²) < 4.78 is 59.0. The van der Waals surface area contributed by atoms with Crippen molar-refractivity contribution in [2.75, 3.05) is 0 Å². The van der Waals surface area contributed by atoms with Crippen LogP contribution < -0.4 is 0 Å². The largest absolute Gasteiger partial charge is 0.456 e. The Kier molecular flexibility index (Phi) is 4.43. The Morgan fingerprint density at radius 1 is 1.00 bits per heavy atom. The molecule has 0 aliphatic carbocycles. The number of aliphatic hydroxyl groups excluding tert-OH is 1. The zero-order chi connectivity index (χ0) is 19.9. The fourth-order valence-corrected chi connectivity index (χ4v) is 3.01. The molecule has 0 radical (unpaired) electrons. The average Bonchev–Trinajstić information content (AvgIpc) is 3.27. The summed E-state index contributed by atoms with van der Waals surface area (Å²) >= 11 is 0. The molecule has 2 heterocycles. The fraction of sp³-hybridized carbons (Fsp3) is 0.150. The van der Waals surface area contributed by atoms with E-state index in [1.54, 1.807) is 47.1 Å². The van der Waals surface area contributed by atoms with Crippen LogP contribution in [0.25, 0.3) is 22.4 Å². The summed E-state index contributed by atoms with van der Waals surface area (Å²) in [5.41, 5.74) is 1.41. The number of aromatic nitrogens is 2.